The van der Waals surface area contributed by atoms with Crippen molar-refractivity contribution in [2.45, 2.75) is 20.3 Å². The van der Waals surface area contributed by atoms with Crippen LogP contribution < -0.4 is 0 Å². The molecule has 0 N–H and O–H groups in total. The molecule has 1 aliphatic heterocycles. The third-order valence-electron chi connectivity index (χ3n) is 3.16. The Hall–Kier alpha value is -0.380. The van der Waals surface area contributed by atoms with Crippen LogP contribution in [0.15, 0.2) is 12.1 Å². The number of carbonyl (C=O) groups is 1. The van der Waals surface area contributed by atoms with Gasteiger partial charge in [0.25, 0.3) is 0 Å². The highest BCUT2D eigenvalue weighted by Crippen LogP contribution is 2.24. The maximum absolute atomic E-state index is 12.0. The summed E-state index contributed by atoms with van der Waals surface area (Å²) in [5, 5.41) is 0. The molecule has 1 saturated heterocycles. The number of Topliss-reactive ketones (excluding diaryl/α,β-unsaturated/α-hetero) is 1. The first kappa shape index (κ1) is 13.1. The van der Waals surface area contributed by atoms with E-state index in [2.05, 4.69) is 18.7 Å². The maximum atomic E-state index is 12.0. The molecule has 0 spiro atoms. The first-order valence-corrected chi connectivity index (χ1v) is 7.25. The number of piperidine rings is 1. The Balaban J connectivity index is 1.94. The molecular weight excluding hydrogens is 254 g/mol. The third kappa shape index (κ3) is 3.54. The van der Waals surface area contributed by atoms with E-state index in [1.165, 1.54) is 17.8 Å². The lowest BCUT2D eigenvalue weighted by molar-refractivity contribution is 0.0853. The van der Waals surface area contributed by atoms with Crippen LogP contribution in [0.1, 0.15) is 29.9 Å². The molecule has 0 radical (unpaired) electrons. The van der Waals surface area contributed by atoms with Crippen molar-refractivity contribution in [1.82, 2.24) is 4.90 Å². The average molecular weight is 272 g/mol. The minimum absolute atomic E-state index is 0.197. The summed E-state index contributed by atoms with van der Waals surface area (Å²) in [4.78, 5) is 15.1. The van der Waals surface area contributed by atoms with Crippen LogP contribution in [0, 0.1) is 11.8 Å². The quantitative estimate of drug-likeness (QED) is 0.784. The van der Waals surface area contributed by atoms with Crippen molar-refractivity contribution in [2.75, 3.05) is 19.6 Å². The second-order valence-corrected chi connectivity index (χ2v) is 6.88. The molecule has 0 amide bonds. The fourth-order valence-electron chi connectivity index (χ4n) is 2.67. The molecule has 1 aliphatic rings. The van der Waals surface area contributed by atoms with Gasteiger partial charge in [0.2, 0.25) is 0 Å². The summed E-state index contributed by atoms with van der Waals surface area (Å²) < 4.78 is 0.689. The van der Waals surface area contributed by atoms with Crippen LogP contribution in [0.4, 0.5) is 0 Å². The van der Waals surface area contributed by atoms with Gasteiger partial charge in [-0.1, -0.05) is 25.4 Å². The summed E-state index contributed by atoms with van der Waals surface area (Å²) in [5.74, 6) is 1.58. The number of ketones is 1. The van der Waals surface area contributed by atoms with E-state index < -0.39 is 0 Å². The first-order valence-electron chi connectivity index (χ1n) is 6.05. The molecule has 4 heteroatoms. The lowest BCUT2D eigenvalue weighted by Crippen LogP contribution is -2.41. The van der Waals surface area contributed by atoms with Gasteiger partial charge in [-0.15, -0.1) is 11.3 Å². The Kier molecular flexibility index (Phi) is 4.23. The van der Waals surface area contributed by atoms with Gasteiger partial charge in [0.1, 0.15) is 0 Å². The number of halogens is 1. The second kappa shape index (κ2) is 5.51. The van der Waals surface area contributed by atoms with E-state index in [0.29, 0.717) is 22.7 Å². The summed E-state index contributed by atoms with van der Waals surface area (Å²) in [7, 11) is 0. The second-order valence-electron chi connectivity index (χ2n) is 5.17. The van der Waals surface area contributed by atoms with Gasteiger partial charge in [-0.05, 0) is 30.4 Å². The van der Waals surface area contributed by atoms with E-state index in [4.69, 9.17) is 11.6 Å². The number of thiophene rings is 1. The Morgan fingerprint density at radius 3 is 2.59 bits per heavy atom. The first-order chi connectivity index (χ1) is 8.04. The molecule has 94 valence electrons. The Labute approximate surface area is 112 Å². The van der Waals surface area contributed by atoms with Crippen LogP contribution in [-0.4, -0.2) is 30.3 Å². The highest BCUT2D eigenvalue weighted by Gasteiger charge is 2.23. The van der Waals surface area contributed by atoms with Crippen molar-refractivity contribution in [1.29, 1.82) is 0 Å². The van der Waals surface area contributed by atoms with Gasteiger partial charge in [-0.2, -0.15) is 0 Å². The normalized spacial score (nSPS) is 26.1. The largest absolute Gasteiger partial charge is 0.295 e. The molecule has 2 rings (SSSR count). The Morgan fingerprint density at radius 2 is 2.06 bits per heavy atom. The van der Waals surface area contributed by atoms with Crippen LogP contribution >= 0.6 is 22.9 Å². The van der Waals surface area contributed by atoms with E-state index in [1.807, 2.05) is 6.07 Å². The van der Waals surface area contributed by atoms with Gasteiger partial charge >= 0.3 is 0 Å². The number of carbonyl (C=O) groups excluding carboxylic acids is 1. The molecule has 17 heavy (non-hydrogen) atoms. The molecule has 0 saturated carbocycles. The van der Waals surface area contributed by atoms with Crippen LogP contribution in [-0.2, 0) is 0 Å². The lowest BCUT2D eigenvalue weighted by Gasteiger charge is -2.34. The average Bonchev–Trinajstić information content (AvgIpc) is 2.63. The van der Waals surface area contributed by atoms with E-state index >= 15 is 0 Å². The summed E-state index contributed by atoms with van der Waals surface area (Å²) in [6.45, 7) is 7.13. The third-order valence-corrected chi connectivity index (χ3v) is 4.43. The minimum atomic E-state index is 0.197. The lowest BCUT2D eigenvalue weighted by atomic mass is 9.92. The van der Waals surface area contributed by atoms with Crippen molar-refractivity contribution in [2.24, 2.45) is 11.8 Å². The number of hydrogen-bond acceptors (Lipinski definition) is 3. The molecular formula is C13H18ClNOS. The van der Waals surface area contributed by atoms with Crippen LogP contribution in [0.25, 0.3) is 0 Å². The number of rotatable bonds is 3. The fourth-order valence-corrected chi connectivity index (χ4v) is 3.64. The molecule has 2 nitrogen and oxygen atoms in total. The Bertz CT molecular complexity index is 394. The number of likely N-dealkylation sites (tertiary alicyclic amines) is 1. The zero-order valence-corrected chi connectivity index (χ0v) is 11.9. The number of nitrogens with zero attached hydrogens (tertiary/aromatic N) is 1. The van der Waals surface area contributed by atoms with E-state index in [0.717, 1.165) is 18.0 Å². The zero-order chi connectivity index (χ0) is 12.4. The summed E-state index contributed by atoms with van der Waals surface area (Å²) in [6.07, 6.45) is 1.27. The van der Waals surface area contributed by atoms with Crippen LogP contribution in [0.3, 0.4) is 0 Å². The SMILES string of the molecule is CC1CC(C)CN(CC(=O)c2ccc(Cl)s2)C1. The molecule has 2 heterocycles. The summed E-state index contributed by atoms with van der Waals surface area (Å²) in [6, 6.07) is 3.62. The topological polar surface area (TPSA) is 20.3 Å². The Morgan fingerprint density at radius 1 is 1.41 bits per heavy atom. The molecule has 0 aromatic carbocycles. The smallest absolute Gasteiger partial charge is 0.186 e. The van der Waals surface area contributed by atoms with Gasteiger partial charge in [0, 0.05) is 13.1 Å². The van der Waals surface area contributed by atoms with E-state index in [-0.39, 0.29) is 5.78 Å². The van der Waals surface area contributed by atoms with E-state index in [1.54, 1.807) is 6.07 Å². The van der Waals surface area contributed by atoms with Gasteiger partial charge in [-0.25, -0.2) is 0 Å². The predicted octanol–water partition coefficient (Wildman–Crippen LogP) is 3.56. The maximum Gasteiger partial charge on any atom is 0.186 e. The van der Waals surface area contributed by atoms with Crippen molar-refractivity contribution >= 4 is 28.7 Å². The van der Waals surface area contributed by atoms with Crippen molar-refractivity contribution in [3.63, 3.8) is 0 Å². The number of hydrogen-bond donors (Lipinski definition) is 0. The standard InChI is InChI=1S/C13H18ClNOS/c1-9-5-10(2)7-15(6-9)8-11(16)12-3-4-13(14)17-12/h3-4,9-10H,5-8H2,1-2H3. The summed E-state index contributed by atoms with van der Waals surface area (Å²) in [5.41, 5.74) is 0. The van der Waals surface area contributed by atoms with Crippen LogP contribution in [0.2, 0.25) is 4.34 Å². The van der Waals surface area contributed by atoms with Gasteiger partial charge in [-0.3, -0.25) is 9.69 Å². The van der Waals surface area contributed by atoms with Gasteiger partial charge in [0.15, 0.2) is 5.78 Å². The predicted molar refractivity (Wildman–Crippen MR) is 73.0 cm³/mol. The van der Waals surface area contributed by atoms with E-state index in [9.17, 15) is 4.79 Å². The molecule has 2 unspecified atom stereocenters. The minimum Gasteiger partial charge on any atom is -0.295 e. The zero-order valence-electron chi connectivity index (χ0n) is 10.3. The fraction of sp³-hybridized carbons (Fsp3) is 0.615. The molecule has 0 bridgehead atoms. The van der Waals surface area contributed by atoms with Crippen molar-refractivity contribution < 1.29 is 4.79 Å². The monoisotopic (exact) mass is 271 g/mol. The van der Waals surface area contributed by atoms with Crippen molar-refractivity contribution in [3.8, 4) is 0 Å². The molecule has 1 fully saturated rings. The van der Waals surface area contributed by atoms with Crippen molar-refractivity contribution in [3.05, 3.63) is 21.3 Å². The molecule has 1 aromatic heterocycles. The highest BCUT2D eigenvalue weighted by atomic mass is 35.5. The molecule has 2 atom stereocenters. The van der Waals surface area contributed by atoms with Gasteiger partial charge in [0.05, 0.1) is 15.8 Å². The van der Waals surface area contributed by atoms with Crippen LogP contribution in [0.5, 0.6) is 0 Å². The summed E-state index contributed by atoms with van der Waals surface area (Å²) >= 11 is 7.22. The van der Waals surface area contributed by atoms with Gasteiger partial charge < -0.3 is 0 Å². The molecule has 1 aromatic rings. The molecule has 0 aliphatic carbocycles. The highest BCUT2D eigenvalue weighted by molar-refractivity contribution is 7.18.